The first-order valence-corrected chi connectivity index (χ1v) is 7.40. The second-order valence-corrected chi connectivity index (χ2v) is 6.41. The fourth-order valence-electron chi connectivity index (χ4n) is 2.10. The van der Waals surface area contributed by atoms with Crippen LogP contribution < -0.4 is 5.32 Å². The topological polar surface area (TPSA) is 12.0 Å². The van der Waals surface area contributed by atoms with E-state index < -0.39 is 0 Å². The fraction of sp³-hybridized carbons (Fsp3) is 0.375. The monoisotopic (exact) mass is 277 g/mol. The summed E-state index contributed by atoms with van der Waals surface area (Å²) in [7, 11) is 0. The third-order valence-corrected chi connectivity index (χ3v) is 4.43. The zero-order chi connectivity index (χ0) is 13.8. The standard InChI is InChI=1S/C16H20FNS/c1-11-7-16(19-13(11)3)10-18-12(2)8-14-5-4-6-15(17)9-14/h4-7,9,12,18H,8,10H2,1-3H3. The van der Waals surface area contributed by atoms with Crippen LogP contribution in [0, 0.1) is 19.7 Å². The summed E-state index contributed by atoms with van der Waals surface area (Å²) in [5, 5.41) is 3.50. The number of aryl methyl sites for hydroxylation is 2. The molecule has 1 aromatic heterocycles. The molecule has 0 spiro atoms. The molecule has 2 aromatic rings. The highest BCUT2D eigenvalue weighted by Crippen LogP contribution is 2.20. The number of halogens is 1. The Morgan fingerprint density at radius 2 is 2.05 bits per heavy atom. The highest BCUT2D eigenvalue weighted by molar-refractivity contribution is 7.12. The Bertz CT molecular complexity index is 528. The molecule has 0 bridgehead atoms. The number of hydrogen-bond acceptors (Lipinski definition) is 2. The Labute approximate surface area is 118 Å². The summed E-state index contributed by atoms with van der Waals surface area (Å²) in [4.78, 5) is 2.75. The molecule has 0 saturated heterocycles. The molecule has 3 heteroatoms. The lowest BCUT2D eigenvalue weighted by Gasteiger charge is -2.13. The van der Waals surface area contributed by atoms with Gasteiger partial charge in [-0.25, -0.2) is 4.39 Å². The molecule has 1 unspecified atom stereocenters. The molecule has 1 nitrogen and oxygen atoms in total. The largest absolute Gasteiger partial charge is 0.309 e. The second kappa shape index (κ2) is 6.31. The molecule has 0 aliphatic heterocycles. The van der Waals surface area contributed by atoms with E-state index >= 15 is 0 Å². The van der Waals surface area contributed by atoms with E-state index in [1.807, 2.05) is 17.4 Å². The highest BCUT2D eigenvalue weighted by Gasteiger charge is 2.06. The van der Waals surface area contributed by atoms with Crippen LogP contribution in [-0.4, -0.2) is 6.04 Å². The van der Waals surface area contributed by atoms with Crippen LogP contribution in [0.15, 0.2) is 30.3 Å². The molecule has 1 N–H and O–H groups in total. The lowest BCUT2D eigenvalue weighted by atomic mass is 10.1. The first kappa shape index (κ1) is 14.2. The van der Waals surface area contributed by atoms with Gasteiger partial charge in [-0.1, -0.05) is 12.1 Å². The molecule has 2 rings (SSSR count). The number of thiophene rings is 1. The molecule has 0 saturated carbocycles. The van der Waals surface area contributed by atoms with Gasteiger partial charge in [0.2, 0.25) is 0 Å². The Morgan fingerprint density at radius 3 is 2.68 bits per heavy atom. The van der Waals surface area contributed by atoms with Gasteiger partial charge in [-0.3, -0.25) is 0 Å². The third-order valence-electron chi connectivity index (χ3n) is 3.27. The molecule has 1 heterocycles. The average molecular weight is 277 g/mol. The van der Waals surface area contributed by atoms with Crippen molar-refractivity contribution in [2.75, 3.05) is 0 Å². The molecular formula is C16H20FNS. The van der Waals surface area contributed by atoms with E-state index in [0.29, 0.717) is 6.04 Å². The predicted molar refractivity (Wildman–Crippen MR) is 80.2 cm³/mol. The van der Waals surface area contributed by atoms with E-state index in [4.69, 9.17) is 0 Å². The SMILES string of the molecule is Cc1cc(CNC(C)Cc2cccc(F)c2)sc1C. The minimum atomic E-state index is -0.158. The van der Waals surface area contributed by atoms with E-state index in [-0.39, 0.29) is 5.82 Å². The lowest BCUT2D eigenvalue weighted by Crippen LogP contribution is -2.27. The lowest BCUT2D eigenvalue weighted by molar-refractivity contribution is 0.546. The van der Waals surface area contributed by atoms with Crippen molar-refractivity contribution in [3.63, 3.8) is 0 Å². The molecule has 1 atom stereocenters. The van der Waals surface area contributed by atoms with Gasteiger partial charge < -0.3 is 5.32 Å². The molecule has 102 valence electrons. The maximum atomic E-state index is 13.1. The van der Waals surface area contributed by atoms with Crippen molar-refractivity contribution < 1.29 is 4.39 Å². The molecular weight excluding hydrogens is 257 g/mol. The van der Waals surface area contributed by atoms with Crippen molar-refractivity contribution in [3.05, 3.63) is 57.0 Å². The molecule has 0 fully saturated rings. The highest BCUT2D eigenvalue weighted by atomic mass is 32.1. The molecule has 1 aromatic carbocycles. The molecule has 0 aliphatic carbocycles. The first-order chi connectivity index (χ1) is 9.04. The maximum Gasteiger partial charge on any atom is 0.123 e. The summed E-state index contributed by atoms with van der Waals surface area (Å²) >= 11 is 1.84. The molecule has 0 radical (unpaired) electrons. The summed E-state index contributed by atoms with van der Waals surface area (Å²) in [5.41, 5.74) is 2.40. The van der Waals surface area contributed by atoms with Crippen molar-refractivity contribution in [3.8, 4) is 0 Å². The maximum absolute atomic E-state index is 13.1. The van der Waals surface area contributed by atoms with Gasteiger partial charge in [-0.2, -0.15) is 0 Å². The van der Waals surface area contributed by atoms with E-state index in [2.05, 4.69) is 32.2 Å². The number of benzene rings is 1. The minimum absolute atomic E-state index is 0.158. The van der Waals surface area contributed by atoms with Gasteiger partial charge in [-0.05, 0) is 56.5 Å². The summed E-state index contributed by atoms with van der Waals surface area (Å²) < 4.78 is 13.1. The second-order valence-electron chi connectivity index (χ2n) is 5.07. The fourth-order valence-corrected chi connectivity index (χ4v) is 3.11. The molecule has 0 aliphatic rings. The van der Waals surface area contributed by atoms with Crippen LogP contribution in [0.4, 0.5) is 4.39 Å². The van der Waals surface area contributed by atoms with Gasteiger partial charge in [-0.15, -0.1) is 11.3 Å². The van der Waals surface area contributed by atoms with Gasteiger partial charge in [0.25, 0.3) is 0 Å². The van der Waals surface area contributed by atoms with Crippen LogP contribution >= 0.6 is 11.3 Å². The summed E-state index contributed by atoms with van der Waals surface area (Å²) in [6.45, 7) is 7.32. The Morgan fingerprint density at radius 1 is 1.26 bits per heavy atom. The van der Waals surface area contributed by atoms with Crippen LogP contribution in [0.1, 0.15) is 27.8 Å². The molecule has 0 amide bonds. The van der Waals surface area contributed by atoms with Crippen molar-refractivity contribution in [2.45, 2.75) is 39.8 Å². The Hall–Kier alpha value is -1.19. The van der Waals surface area contributed by atoms with Crippen LogP contribution in [0.3, 0.4) is 0 Å². The number of rotatable bonds is 5. The van der Waals surface area contributed by atoms with E-state index in [1.54, 1.807) is 12.1 Å². The normalized spacial score (nSPS) is 12.6. The smallest absolute Gasteiger partial charge is 0.123 e. The van der Waals surface area contributed by atoms with Gasteiger partial charge >= 0.3 is 0 Å². The van der Waals surface area contributed by atoms with Crippen LogP contribution in [0.2, 0.25) is 0 Å². The zero-order valence-electron chi connectivity index (χ0n) is 11.7. The van der Waals surface area contributed by atoms with Gasteiger partial charge in [0, 0.05) is 22.3 Å². The van der Waals surface area contributed by atoms with E-state index in [9.17, 15) is 4.39 Å². The minimum Gasteiger partial charge on any atom is -0.309 e. The molecule has 19 heavy (non-hydrogen) atoms. The quantitative estimate of drug-likeness (QED) is 0.862. The third kappa shape index (κ3) is 4.15. The number of hydrogen-bond donors (Lipinski definition) is 1. The van der Waals surface area contributed by atoms with Gasteiger partial charge in [0.1, 0.15) is 5.82 Å². The van der Waals surface area contributed by atoms with Crippen molar-refractivity contribution in [2.24, 2.45) is 0 Å². The van der Waals surface area contributed by atoms with Crippen molar-refractivity contribution >= 4 is 11.3 Å². The average Bonchev–Trinajstić information content (AvgIpc) is 2.66. The van der Waals surface area contributed by atoms with Crippen molar-refractivity contribution in [1.82, 2.24) is 5.32 Å². The number of nitrogens with one attached hydrogen (secondary N) is 1. The zero-order valence-corrected chi connectivity index (χ0v) is 12.5. The predicted octanol–water partition coefficient (Wildman–Crippen LogP) is 4.22. The summed E-state index contributed by atoms with van der Waals surface area (Å²) in [6, 6.07) is 9.41. The van der Waals surface area contributed by atoms with Crippen molar-refractivity contribution in [1.29, 1.82) is 0 Å². The Balaban J connectivity index is 1.86. The summed E-state index contributed by atoms with van der Waals surface area (Å²) in [6.07, 6.45) is 0.848. The van der Waals surface area contributed by atoms with Gasteiger partial charge in [0.15, 0.2) is 0 Å². The van der Waals surface area contributed by atoms with E-state index in [0.717, 1.165) is 18.5 Å². The Kier molecular flexibility index (Phi) is 4.72. The summed E-state index contributed by atoms with van der Waals surface area (Å²) in [5.74, 6) is -0.158. The van der Waals surface area contributed by atoms with Gasteiger partial charge in [0.05, 0.1) is 0 Å². The van der Waals surface area contributed by atoms with E-state index in [1.165, 1.54) is 21.4 Å². The first-order valence-electron chi connectivity index (χ1n) is 6.58. The van der Waals surface area contributed by atoms with Crippen LogP contribution in [0.25, 0.3) is 0 Å². The van der Waals surface area contributed by atoms with Crippen LogP contribution in [0.5, 0.6) is 0 Å². The van der Waals surface area contributed by atoms with Crippen LogP contribution in [-0.2, 0) is 13.0 Å².